The molecule has 0 amide bonds. The van der Waals surface area contributed by atoms with Crippen LogP contribution in [0.1, 0.15) is 0 Å². The van der Waals surface area contributed by atoms with Crippen LogP contribution in [0.5, 0.6) is 0 Å². The van der Waals surface area contributed by atoms with Crippen molar-refractivity contribution in [3.63, 3.8) is 0 Å². The molecule has 13 heavy (non-hydrogen) atoms. The molecule has 1 saturated heterocycles. The van der Waals surface area contributed by atoms with Gasteiger partial charge in [0.25, 0.3) is 0 Å². The van der Waals surface area contributed by atoms with E-state index in [1.54, 1.807) is 4.90 Å². The lowest BCUT2D eigenvalue weighted by molar-refractivity contribution is -0.208. The van der Waals surface area contributed by atoms with E-state index in [4.69, 9.17) is 5.11 Å². The van der Waals surface area contributed by atoms with Gasteiger partial charge in [0.2, 0.25) is 0 Å². The summed E-state index contributed by atoms with van der Waals surface area (Å²) in [5.41, 5.74) is 0. The fourth-order valence-electron chi connectivity index (χ4n) is 1.24. The summed E-state index contributed by atoms with van der Waals surface area (Å²) in [4.78, 5) is 1.61. The first kappa shape index (κ1) is 10.7. The molecule has 0 aromatic heterocycles. The monoisotopic (exact) mass is 198 g/mol. The largest absolute Gasteiger partial charge is 0.415 e. The molecule has 0 aliphatic carbocycles. The van der Waals surface area contributed by atoms with Gasteiger partial charge < -0.3 is 10.4 Å². The molecule has 0 bridgehead atoms. The Morgan fingerprint density at radius 2 is 1.85 bits per heavy atom. The summed E-state index contributed by atoms with van der Waals surface area (Å²) in [5, 5.41) is 11.8. The Labute approximate surface area is 74.5 Å². The van der Waals surface area contributed by atoms with Gasteiger partial charge in [-0.15, -0.1) is 0 Å². The number of nitrogens with one attached hydrogen (secondary N) is 1. The maximum atomic E-state index is 11.9. The molecule has 0 aromatic rings. The van der Waals surface area contributed by atoms with Gasteiger partial charge in [0.05, 0.1) is 0 Å². The zero-order chi connectivity index (χ0) is 9.90. The first-order valence-corrected chi connectivity index (χ1v) is 4.18. The molecule has 1 atom stereocenters. The van der Waals surface area contributed by atoms with Crippen molar-refractivity contribution in [2.75, 3.05) is 32.7 Å². The van der Waals surface area contributed by atoms with Crippen LogP contribution in [-0.2, 0) is 0 Å². The third-order valence-corrected chi connectivity index (χ3v) is 2.02. The number of aliphatic hydroxyl groups is 1. The fourth-order valence-corrected chi connectivity index (χ4v) is 1.24. The van der Waals surface area contributed by atoms with Crippen LogP contribution in [0.15, 0.2) is 0 Å². The Balaban J connectivity index is 2.30. The molecule has 1 aliphatic rings. The van der Waals surface area contributed by atoms with E-state index in [-0.39, 0.29) is 6.54 Å². The molecule has 2 N–H and O–H groups in total. The number of piperazine rings is 1. The highest BCUT2D eigenvalue weighted by atomic mass is 19.4. The Kier molecular flexibility index (Phi) is 3.52. The van der Waals surface area contributed by atoms with Crippen molar-refractivity contribution < 1.29 is 18.3 Å². The minimum Gasteiger partial charge on any atom is -0.382 e. The predicted octanol–water partition coefficient (Wildman–Crippen LogP) is -0.185. The average molecular weight is 198 g/mol. The van der Waals surface area contributed by atoms with E-state index in [2.05, 4.69) is 5.32 Å². The van der Waals surface area contributed by atoms with Crippen LogP contribution in [-0.4, -0.2) is 55.0 Å². The summed E-state index contributed by atoms with van der Waals surface area (Å²) < 4.78 is 35.7. The summed E-state index contributed by atoms with van der Waals surface area (Å²) in [6, 6.07) is 0. The van der Waals surface area contributed by atoms with Gasteiger partial charge in [-0.05, 0) is 0 Å². The van der Waals surface area contributed by atoms with Crippen molar-refractivity contribution in [2.45, 2.75) is 12.3 Å². The number of nitrogens with zero attached hydrogens (tertiary/aromatic N) is 1. The fraction of sp³-hybridized carbons (Fsp3) is 1.00. The third kappa shape index (κ3) is 3.50. The number of aliphatic hydroxyl groups excluding tert-OH is 1. The molecule has 0 spiro atoms. The number of rotatable bonds is 2. The molecule has 1 heterocycles. The molecule has 0 saturated carbocycles. The minimum atomic E-state index is -4.50. The lowest BCUT2D eigenvalue weighted by Gasteiger charge is -2.29. The lowest BCUT2D eigenvalue weighted by atomic mass is 10.3. The van der Waals surface area contributed by atoms with E-state index in [1.165, 1.54) is 0 Å². The predicted molar refractivity (Wildman–Crippen MR) is 41.4 cm³/mol. The van der Waals surface area contributed by atoms with Gasteiger partial charge in [0, 0.05) is 32.7 Å². The molecule has 3 nitrogen and oxygen atoms in total. The van der Waals surface area contributed by atoms with Crippen LogP contribution in [0.25, 0.3) is 0 Å². The van der Waals surface area contributed by atoms with Gasteiger partial charge in [0.15, 0.2) is 6.10 Å². The Morgan fingerprint density at radius 3 is 2.31 bits per heavy atom. The normalized spacial score (nSPS) is 23.1. The molecule has 1 aliphatic heterocycles. The lowest BCUT2D eigenvalue weighted by Crippen LogP contribution is -2.49. The number of alkyl halides is 3. The number of halogens is 3. The van der Waals surface area contributed by atoms with Crippen LogP contribution in [0, 0.1) is 0 Å². The van der Waals surface area contributed by atoms with Crippen molar-refractivity contribution in [3.8, 4) is 0 Å². The Morgan fingerprint density at radius 1 is 1.31 bits per heavy atom. The molecule has 78 valence electrons. The second-order valence-electron chi connectivity index (χ2n) is 3.11. The van der Waals surface area contributed by atoms with Crippen molar-refractivity contribution in [1.29, 1.82) is 0 Å². The van der Waals surface area contributed by atoms with Gasteiger partial charge in [-0.2, -0.15) is 13.2 Å². The Hall–Kier alpha value is -0.330. The summed E-state index contributed by atoms with van der Waals surface area (Å²) in [6.07, 6.45) is -6.71. The van der Waals surface area contributed by atoms with Gasteiger partial charge >= 0.3 is 6.18 Å². The van der Waals surface area contributed by atoms with E-state index >= 15 is 0 Å². The maximum Gasteiger partial charge on any atom is 0.415 e. The van der Waals surface area contributed by atoms with E-state index in [1.807, 2.05) is 0 Å². The van der Waals surface area contributed by atoms with E-state index in [0.29, 0.717) is 26.2 Å². The van der Waals surface area contributed by atoms with Gasteiger partial charge in [-0.25, -0.2) is 0 Å². The van der Waals surface area contributed by atoms with Crippen molar-refractivity contribution in [2.24, 2.45) is 0 Å². The van der Waals surface area contributed by atoms with E-state index in [0.717, 1.165) is 0 Å². The first-order valence-electron chi connectivity index (χ1n) is 4.18. The second-order valence-corrected chi connectivity index (χ2v) is 3.11. The summed E-state index contributed by atoms with van der Waals surface area (Å²) >= 11 is 0. The first-order chi connectivity index (χ1) is 6.00. The molecule has 0 radical (unpaired) electrons. The summed E-state index contributed by atoms with van der Waals surface area (Å²) in [5.74, 6) is 0. The molecular weight excluding hydrogens is 185 g/mol. The third-order valence-electron chi connectivity index (χ3n) is 2.02. The van der Waals surface area contributed by atoms with Gasteiger partial charge in [-0.3, -0.25) is 4.90 Å². The highest BCUT2D eigenvalue weighted by molar-refractivity contribution is 4.74. The molecule has 6 heteroatoms. The Bertz CT molecular complexity index is 156. The SMILES string of the molecule is O[C@H](CN1CCNCC1)C(F)(F)F. The van der Waals surface area contributed by atoms with Crippen LogP contribution < -0.4 is 5.32 Å². The maximum absolute atomic E-state index is 11.9. The van der Waals surface area contributed by atoms with Crippen molar-refractivity contribution in [3.05, 3.63) is 0 Å². The molecule has 1 rings (SSSR count). The topological polar surface area (TPSA) is 35.5 Å². The smallest absolute Gasteiger partial charge is 0.382 e. The van der Waals surface area contributed by atoms with Gasteiger partial charge in [0.1, 0.15) is 0 Å². The highest BCUT2D eigenvalue weighted by Crippen LogP contribution is 2.20. The highest BCUT2D eigenvalue weighted by Gasteiger charge is 2.39. The standard InChI is InChI=1S/C7H13F3N2O/c8-7(9,10)6(13)5-12-3-1-11-2-4-12/h6,11,13H,1-5H2/t6-/m1/s1. The zero-order valence-corrected chi connectivity index (χ0v) is 7.14. The van der Waals surface area contributed by atoms with Crippen LogP contribution >= 0.6 is 0 Å². The average Bonchev–Trinajstić information content (AvgIpc) is 2.04. The second kappa shape index (κ2) is 4.26. The summed E-state index contributed by atoms with van der Waals surface area (Å²) in [6.45, 7) is 2.18. The molecular formula is C7H13F3N2O. The quantitative estimate of drug-likeness (QED) is 0.646. The van der Waals surface area contributed by atoms with Crippen LogP contribution in [0.2, 0.25) is 0 Å². The van der Waals surface area contributed by atoms with Crippen molar-refractivity contribution in [1.82, 2.24) is 10.2 Å². The summed E-state index contributed by atoms with van der Waals surface area (Å²) in [7, 11) is 0. The zero-order valence-electron chi connectivity index (χ0n) is 7.14. The van der Waals surface area contributed by atoms with E-state index in [9.17, 15) is 13.2 Å². The van der Waals surface area contributed by atoms with E-state index < -0.39 is 12.3 Å². The number of hydrogen-bond donors (Lipinski definition) is 2. The molecule has 0 unspecified atom stereocenters. The van der Waals surface area contributed by atoms with Crippen LogP contribution in [0.3, 0.4) is 0 Å². The van der Waals surface area contributed by atoms with Crippen molar-refractivity contribution >= 4 is 0 Å². The number of hydrogen-bond acceptors (Lipinski definition) is 3. The number of β-amino-alcohol motifs (C(OH)–C–C–N with tert-alkyl or cyclic N) is 1. The van der Waals surface area contributed by atoms with Gasteiger partial charge in [-0.1, -0.05) is 0 Å². The minimum absolute atomic E-state index is 0.314. The van der Waals surface area contributed by atoms with Crippen LogP contribution in [0.4, 0.5) is 13.2 Å². The molecule has 0 aromatic carbocycles. The molecule has 1 fully saturated rings.